The van der Waals surface area contributed by atoms with E-state index in [9.17, 15) is 19.8 Å². The summed E-state index contributed by atoms with van der Waals surface area (Å²) >= 11 is 0. The number of carboxylic acids is 1. The number of carboxylic acid groups (broad SMARTS) is 1. The van der Waals surface area contributed by atoms with E-state index in [-0.39, 0.29) is 31.1 Å². The van der Waals surface area contributed by atoms with Gasteiger partial charge in [-0.25, -0.2) is 4.98 Å². The van der Waals surface area contributed by atoms with Crippen LogP contribution in [0, 0.1) is 5.41 Å². The fraction of sp³-hybridized carbons (Fsp3) is 0.316. The van der Waals surface area contributed by atoms with Crippen molar-refractivity contribution >= 4 is 11.9 Å². The number of fused-ring (bicyclic) bond motifs is 3. The van der Waals surface area contributed by atoms with Crippen LogP contribution in [0.5, 0.6) is 17.2 Å². The minimum Gasteiger partial charge on any atom is -0.505 e. The zero-order valence-electron chi connectivity index (χ0n) is 14.6. The third kappa shape index (κ3) is 2.48. The molecule has 4 rings (SSSR count). The predicted molar refractivity (Wildman–Crippen MR) is 93.1 cm³/mol. The highest BCUT2D eigenvalue weighted by atomic mass is 16.5. The lowest BCUT2D eigenvalue weighted by Crippen LogP contribution is -2.46. The number of ether oxygens (including phenoxy) is 2. The highest BCUT2D eigenvalue weighted by Crippen LogP contribution is 2.52. The van der Waals surface area contributed by atoms with E-state index < -0.39 is 23.2 Å². The number of carbonyl (C=O) groups is 2. The normalized spacial score (nSPS) is 23.1. The molecule has 0 spiro atoms. The molecule has 2 aromatic rings. The van der Waals surface area contributed by atoms with E-state index in [1.165, 1.54) is 30.3 Å². The maximum atomic E-state index is 12.9. The van der Waals surface area contributed by atoms with Gasteiger partial charge in [0.1, 0.15) is 17.8 Å². The van der Waals surface area contributed by atoms with Gasteiger partial charge in [-0.15, -0.1) is 0 Å². The Labute approximate surface area is 155 Å². The van der Waals surface area contributed by atoms with E-state index in [1.54, 1.807) is 18.2 Å². The van der Waals surface area contributed by atoms with Crippen molar-refractivity contribution in [3.05, 3.63) is 47.8 Å². The Balaban J connectivity index is 1.75. The van der Waals surface area contributed by atoms with Crippen LogP contribution in [0.2, 0.25) is 0 Å². The Morgan fingerprint density at radius 2 is 2.15 bits per heavy atom. The van der Waals surface area contributed by atoms with E-state index in [0.717, 1.165) is 0 Å². The number of likely N-dealkylation sites (tertiary alicyclic amines) is 1. The lowest BCUT2D eigenvalue weighted by Gasteiger charge is -2.36. The standard InChI is InChI=1S/C19H18N2O6/c1-26-14-6-2-4-11-12-8-21(17(23)15-13(22)5-3-7-20-15)9-19(12,18(24)25)10-27-16(11)14/h2-7,12,22H,8-10H2,1H3,(H,24,25)/t12-,19-/m1/s1. The van der Waals surface area contributed by atoms with Crippen molar-refractivity contribution in [2.45, 2.75) is 5.92 Å². The van der Waals surface area contributed by atoms with Crippen LogP contribution in [0.1, 0.15) is 22.0 Å². The number of aromatic hydroxyl groups is 1. The molecule has 0 saturated carbocycles. The topological polar surface area (TPSA) is 109 Å². The van der Waals surface area contributed by atoms with Crippen molar-refractivity contribution in [3.63, 3.8) is 0 Å². The van der Waals surface area contributed by atoms with Crippen LogP contribution in [0.25, 0.3) is 0 Å². The van der Waals surface area contributed by atoms with Crippen molar-refractivity contribution in [1.82, 2.24) is 9.88 Å². The Morgan fingerprint density at radius 3 is 2.85 bits per heavy atom. The number of aliphatic carboxylic acids is 1. The summed E-state index contributed by atoms with van der Waals surface area (Å²) < 4.78 is 11.1. The third-order valence-corrected chi connectivity index (χ3v) is 5.32. The van der Waals surface area contributed by atoms with Crippen molar-refractivity contribution in [1.29, 1.82) is 0 Å². The first kappa shape index (κ1) is 17.1. The van der Waals surface area contributed by atoms with Gasteiger partial charge in [-0.2, -0.15) is 0 Å². The summed E-state index contributed by atoms with van der Waals surface area (Å²) in [6, 6.07) is 8.21. The molecule has 0 bridgehead atoms. The lowest BCUT2D eigenvalue weighted by atomic mass is 9.73. The smallest absolute Gasteiger partial charge is 0.315 e. The zero-order chi connectivity index (χ0) is 19.2. The number of hydrogen-bond donors (Lipinski definition) is 2. The van der Waals surface area contributed by atoms with Crippen LogP contribution in [-0.2, 0) is 4.79 Å². The van der Waals surface area contributed by atoms with Crippen LogP contribution in [-0.4, -0.2) is 58.8 Å². The third-order valence-electron chi connectivity index (χ3n) is 5.32. The average Bonchev–Trinajstić information content (AvgIpc) is 3.09. The molecule has 3 heterocycles. The summed E-state index contributed by atoms with van der Waals surface area (Å²) in [5.74, 6) is -1.19. The van der Waals surface area contributed by atoms with Crippen molar-refractivity contribution < 1.29 is 29.3 Å². The molecule has 140 valence electrons. The van der Waals surface area contributed by atoms with Crippen LogP contribution >= 0.6 is 0 Å². The molecular weight excluding hydrogens is 352 g/mol. The van der Waals surface area contributed by atoms with E-state index in [2.05, 4.69) is 4.98 Å². The fourth-order valence-corrected chi connectivity index (χ4v) is 3.92. The number of nitrogens with zero attached hydrogens (tertiary/aromatic N) is 2. The molecule has 2 atom stereocenters. The molecule has 0 unspecified atom stereocenters. The Bertz CT molecular complexity index is 930. The first-order valence-electron chi connectivity index (χ1n) is 8.44. The van der Waals surface area contributed by atoms with Crippen LogP contribution < -0.4 is 9.47 Å². The highest BCUT2D eigenvalue weighted by molar-refractivity contribution is 5.96. The number of amides is 1. The second kappa shape index (κ2) is 6.15. The Hall–Kier alpha value is -3.29. The molecule has 1 aromatic carbocycles. The summed E-state index contributed by atoms with van der Waals surface area (Å²) in [4.78, 5) is 30.4. The molecule has 1 fully saturated rings. The Morgan fingerprint density at radius 1 is 1.33 bits per heavy atom. The molecule has 1 saturated heterocycles. The fourth-order valence-electron chi connectivity index (χ4n) is 3.92. The average molecular weight is 370 g/mol. The lowest BCUT2D eigenvalue weighted by molar-refractivity contribution is -0.151. The summed E-state index contributed by atoms with van der Waals surface area (Å²) in [5.41, 5.74) is -0.661. The maximum absolute atomic E-state index is 12.9. The molecule has 0 aliphatic carbocycles. The van der Waals surface area contributed by atoms with Crippen LogP contribution in [0.3, 0.4) is 0 Å². The SMILES string of the molecule is COc1cccc2c1OC[C@]1(C(=O)O)CN(C(=O)c3ncccc3O)C[C@H]21. The maximum Gasteiger partial charge on any atom is 0.315 e. The number of benzene rings is 1. The van der Waals surface area contributed by atoms with E-state index in [1.807, 2.05) is 0 Å². The molecular formula is C19H18N2O6. The van der Waals surface area contributed by atoms with Crippen molar-refractivity contribution in [3.8, 4) is 17.2 Å². The van der Waals surface area contributed by atoms with E-state index in [4.69, 9.17) is 9.47 Å². The van der Waals surface area contributed by atoms with Gasteiger partial charge in [0.15, 0.2) is 17.2 Å². The number of para-hydroxylation sites is 1. The molecule has 2 aliphatic rings. The number of rotatable bonds is 3. The van der Waals surface area contributed by atoms with Gasteiger partial charge in [0.25, 0.3) is 5.91 Å². The number of methoxy groups -OCH3 is 1. The molecule has 0 radical (unpaired) electrons. The Kier molecular flexibility index (Phi) is 3.91. The van der Waals surface area contributed by atoms with Gasteiger partial charge < -0.3 is 24.6 Å². The summed E-state index contributed by atoms with van der Waals surface area (Å²) in [5, 5.41) is 19.9. The monoisotopic (exact) mass is 370 g/mol. The van der Waals surface area contributed by atoms with Crippen molar-refractivity contribution in [2.75, 3.05) is 26.8 Å². The summed E-state index contributed by atoms with van der Waals surface area (Å²) in [6.07, 6.45) is 1.41. The molecule has 27 heavy (non-hydrogen) atoms. The molecule has 1 aromatic heterocycles. The number of aromatic nitrogens is 1. The largest absolute Gasteiger partial charge is 0.505 e. The minimum absolute atomic E-state index is 0.0293. The van der Waals surface area contributed by atoms with Gasteiger partial charge >= 0.3 is 5.97 Å². The van der Waals surface area contributed by atoms with Gasteiger partial charge in [0, 0.05) is 30.8 Å². The van der Waals surface area contributed by atoms with Gasteiger partial charge in [-0.3, -0.25) is 9.59 Å². The van der Waals surface area contributed by atoms with Gasteiger partial charge in [0.05, 0.1) is 7.11 Å². The minimum atomic E-state index is -1.26. The van der Waals surface area contributed by atoms with Crippen LogP contribution in [0.4, 0.5) is 0 Å². The number of pyridine rings is 1. The number of carbonyl (C=O) groups excluding carboxylic acids is 1. The molecule has 2 N–H and O–H groups in total. The second-order valence-electron chi connectivity index (χ2n) is 6.74. The van der Waals surface area contributed by atoms with Crippen molar-refractivity contribution in [2.24, 2.45) is 5.41 Å². The molecule has 8 nitrogen and oxygen atoms in total. The molecule has 2 aliphatic heterocycles. The van der Waals surface area contributed by atoms with Gasteiger partial charge in [-0.05, 0) is 18.2 Å². The first-order chi connectivity index (χ1) is 13.0. The zero-order valence-corrected chi connectivity index (χ0v) is 14.6. The quantitative estimate of drug-likeness (QED) is 0.843. The molecule has 1 amide bonds. The highest BCUT2D eigenvalue weighted by Gasteiger charge is 2.58. The first-order valence-corrected chi connectivity index (χ1v) is 8.44. The van der Waals surface area contributed by atoms with Gasteiger partial charge in [0.2, 0.25) is 0 Å². The summed E-state index contributed by atoms with van der Waals surface area (Å²) in [7, 11) is 1.52. The predicted octanol–water partition coefficient (Wildman–Crippen LogP) is 1.50. The van der Waals surface area contributed by atoms with E-state index >= 15 is 0 Å². The summed E-state index contributed by atoms with van der Waals surface area (Å²) in [6.45, 7) is 0.0848. The molecule has 8 heteroatoms. The number of hydrogen-bond acceptors (Lipinski definition) is 6. The van der Waals surface area contributed by atoms with Crippen LogP contribution in [0.15, 0.2) is 36.5 Å². The van der Waals surface area contributed by atoms with Gasteiger partial charge in [-0.1, -0.05) is 12.1 Å². The second-order valence-corrected chi connectivity index (χ2v) is 6.74. The van der Waals surface area contributed by atoms with E-state index in [0.29, 0.717) is 17.1 Å².